The zero-order chi connectivity index (χ0) is 18.5. The first-order chi connectivity index (χ1) is 12.5. The van der Waals surface area contributed by atoms with Gasteiger partial charge in [0.15, 0.2) is 0 Å². The SMILES string of the molecule is COc1ccc2c(c1)-c1c(sn(-c3ccccc3OC)c1=S)C(C)(C)N2. The first-order valence-electron chi connectivity index (χ1n) is 8.33. The molecular formula is C20H20N2O2S2. The number of nitrogens with one attached hydrogen (secondary N) is 1. The van der Waals surface area contributed by atoms with Gasteiger partial charge in [-0.3, -0.25) is 3.96 Å². The Kier molecular flexibility index (Phi) is 4.04. The molecule has 1 aliphatic rings. The minimum absolute atomic E-state index is 0.220. The van der Waals surface area contributed by atoms with E-state index in [9.17, 15) is 0 Å². The number of hydrogen-bond donors (Lipinski definition) is 1. The molecule has 0 bridgehead atoms. The first kappa shape index (κ1) is 17.1. The van der Waals surface area contributed by atoms with Crippen molar-refractivity contribution >= 4 is 29.4 Å². The van der Waals surface area contributed by atoms with Gasteiger partial charge < -0.3 is 14.8 Å². The Morgan fingerprint density at radius 1 is 1.08 bits per heavy atom. The van der Waals surface area contributed by atoms with Crippen molar-refractivity contribution in [3.8, 4) is 28.3 Å². The number of benzene rings is 2. The Bertz CT molecular complexity index is 1050. The number of aromatic nitrogens is 1. The van der Waals surface area contributed by atoms with Gasteiger partial charge in [-0.05, 0) is 44.2 Å². The summed E-state index contributed by atoms with van der Waals surface area (Å²) in [6, 6.07) is 14.0. The van der Waals surface area contributed by atoms with Crippen molar-refractivity contribution in [2.75, 3.05) is 19.5 Å². The third-order valence-corrected chi connectivity index (χ3v) is 6.58. The van der Waals surface area contributed by atoms with Gasteiger partial charge in [-0.2, -0.15) is 0 Å². The van der Waals surface area contributed by atoms with E-state index in [1.165, 1.54) is 4.88 Å². The summed E-state index contributed by atoms with van der Waals surface area (Å²) in [5.41, 5.74) is 3.98. The van der Waals surface area contributed by atoms with Crippen molar-refractivity contribution in [3.05, 3.63) is 52.0 Å². The molecular weight excluding hydrogens is 364 g/mol. The van der Waals surface area contributed by atoms with Gasteiger partial charge in [-0.25, -0.2) is 0 Å². The molecule has 6 heteroatoms. The first-order valence-corrected chi connectivity index (χ1v) is 9.51. The quantitative estimate of drug-likeness (QED) is 0.595. The lowest BCUT2D eigenvalue weighted by molar-refractivity contribution is 0.413. The highest BCUT2D eigenvalue weighted by atomic mass is 32.1. The van der Waals surface area contributed by atoms with Crippen LogP contribution in [0.2, 0.25) is 0 Å². The fourth-order valence-electron chi connectivity index (χ4n) is 3.36. The Balaban J connectivity index is 2.02. The maximum absolute atomic E-state index is 5.91. The van der Waals surface area contributed by atoms with Gasteiger partial charge in [-0.15, -0.1) is 0 Å². The van der Waals surface area contributed by atoms with Crippen LogP contribution in [0.25, 0.3) is 16.8 Å². The fourth-order valence-corrected chi connectivity index (χ4v) is 5.03. The Hall–Kier alpha value is -2.31. The highest BCUT2D eigenvalue weighted by Gasteiger charge is 2.35. The van der Waals surface area contributed by atoms with Gasteiger partial charge in [0.05, 0.1) is 30.3 Å². The Morgan fingerprint density at radius 3 is 2.58 bits per heavy atom. The van der Waals surface area contributed by atoms with Crippen LogP contribution in [0.5, 0.6) is 11.5 Å². The molecule has 134 valence electrons. The zero-order valence-corrected chi connectivity index (χ0v) is 16.8. The second-order valence-corrected chi connectivity index (χ2v) is 8.07. The van der Waals surface area contributed by atoms with Crippen LogP contribution in [0.3, 0.4) is 0 Å². The average molecular weight is 385 g/mol. The summed E-state index contributed by atoms with van der Waals surface area (Å²) >= 11 is 7.57. The van der Waals surface area contributed by atoms with Gasteiger partial charge >= 0.3 is 0 Å². The Labute approximate surface area is 162 Å². The molecule has 0 radical (unpaired) electrons. The molecule has 0 saturated carbocycles. The van der Waals surface area contributed by atoms with E-state index in [0.717, 1.165) is 38.6 Å². The third-order valence-electron chi connectivity index (χ3n) is 4.62. The lowest BCUT2D eigenvalue weighted by Gasteiger charge is -2.33. The highest BCUT2D eigenvalue weighted by molar-refractivity contribution is 7.71. The largest absolute Gasteiger partial charge is 0.497 e. The molecule has 4 nitrogen and oxygen atoms in total. The predicted molar refractivity (Wildman–Crippen MR) is 110 cm³/mol. The van der Waals surface area contributed by atoms with Crippen molar-refractivity contribution in [2.45, 2.75) is 19.4 Å². The maximum Gasteiger partial charge on any atom is 0.143 e. The van der Waals surface area contributed by atoms with Crippen molar-refractivity contribution in [2.24, 2.45) is 0 Å². The number of hydrogen-bond acceptors (Lipinski definition) is 5. The molecule has 3 aromatic rings. The number of rotatable bonds is 3. The van der Waals surface area contributed by atoms with Crippen LogP contribution in [0, 0.1) is 4.64 Å². The number of anilines is 1. The van der Waals surface area contributed by atoms with E-state index in [1.807, 2.05) is 36.4 Å². The second-order valence-electron chi connectivity index (χ2n) is 6.73. The van der Waals surface area contributed by atoms with Gasteiger partial charge in [0.25, 0.3) is 0 Å². The van der Waals surface area contributed by atoms with E-state index in [4.69, 9.17) is 21.7 Å². The molecule has 1 N–H and O–H groups in total. The molecule has 1 aromatic heterocycles. The van der Waals surface area contributed by atoms with Crippen molar-refractivity contribution in [1.29, 1.82) is 0 Å². The van der Waals surface area contributed by atoms with Crippen LogP contribution in [-0.2, 0) is 5.54 Å². The Morgan fingerprint density at radius 2 is 1.85 bits per heavy atom. The minimum Gasteiger partial charge on any atom is -0.497 e. The van der Waals surface area contributed by atoms with Crippen LogP contribution in [0.15, 0.2) is 42.5 Å². The molecule has 1 aliphatic heterocycles. The monoisotopic (exact) mass is 384 g/mol. The van der Waals surface area contributed by atoms with Crippen LogP contribution in [0.4, 0.5) is 5.69 Å². The zero-order valence-electron chi connectivity index (χ0n) is 15.1. The molecule has 26 heavy (non-hydrogen) atoms. The molecule has 0 unspecified atom stereocenters. The normalized spacial score (nSPS) is 14.2. The minimum atomic E-state index is -0.220. The molecule has 0 aliphatic carbocycles. The molecule has 0 atom stereocenters. The lowest BCUT2D eigenvalue weighted by atomic mass is 9.90. The second kappa shape index (κ2) is 6.14. The molecule has 4 rings (SSSR count). The van der Waals surface area contributed by atoms with Gasteiger partial charge in [0.1, 0.15) is 16.1 Å². The van der Waals surface area contributed by atoms with Gasteiger partial charge in [-0.1, -0.05) is 35.9 Å². The van der Waals surface area contributed by atoms with E-state index in [2.05, 4.69) is 29.2 Å². The van der Waals surface area contributed by atoms with Gasteiger partial charge in [0, 0.05) is 16.8 Å². The van der Waals surface area contributed by atoms with Crippen molar-refractivity contribution in [1.82, 2.24) is 3.96 Å². The molecule has 0 spiro atoms. The highest BCUT2D eigenvalue weighted by Crippen LogP contribution is 2.48. The summed E-state index contributed by atoms with van der Waals surface area (Å²) in [6.45, 7) is 4.35. The third kappa shape index (κ3) is 2.52. The van der Waals surface area contributed by atoms with Crippen LogP contribution in [0.1, 0.15) is 18.7 Å². The van der Waals surface area contributed by atoms with E-state index in [1.54, 1.807) is 25.8 Å². The van der Waals surface area contributed by atoms with Crippen molar-refractivity contribution in [3.63, 3.8) is 0 Å². The number of nitrogens with zero attached hydrogens (tertiary/aromatic N) is 1. The van der Waals surface area contributed by atoms with E-state index in [-0.39, 0.29) is 5.54 Å². The summed E-state index contributed by atoms with van der Waals surface area (Å²) in [6.07, 6.45) is 0. The van der Waals surface area contributed by atoms with Crippen molar-refractivity contribution < 1.29 is 9.47 Å². The predicted octanol–water partition coefficient (Wildman–Crippen LogP) is 5.61. The summed E-state index contributed by atoms with van der Waals surface area (Å²) in [5, 5.41) is 3.63. The standard InChI is InChI=1S/C20H20N2O2S2/c1-20(2)18-17(13-11-12(23-3)9-10-14(13)21-20)19(25)22(26-18)15-7-5-6-8-16(15)24-4/h5-11,21H,1-4H3. The lowest BCUT2D eigenvalue weighted by Crippen LogP contribution is -2.30. The smallest absolute Gasteiger partial charge is 0.143 e. The number of fused-ring (bicyclic) bond motifs is 3. The molecule has 0 saturated heterocycles. The molecule has 2 heterocycles. The molecule has 2 aromatic carbocycles. The number of methoxy groups -OCH3 is 2. The van der Waals surface area contributed by atoms with Crippen LogP contribution in [-0.4, -0.2) is 18.2 Å². The summed E-state index contributed by atoms with van der Waals surface area (Å²) < 4.78 is 13.8. The van der Waals surface area contributed by atoms with Gasteiger partial charge in [0.2, 0.25) is 0 Å². The van der Waals surface area contributed by atoms with Crippen LogP contribution >= 0.6 is 23.8 Å². The molecule has 0 amide bonds. The summed E-state index contributed by atoms with van der Waals surface area (Å²) in [5.74, 6) is 1.62. The summed E-state index contributed by atoms with van der Waals surface area (Å²) in [4.78, 5) is 1.20. The molecule has 0 fully saturated rings. The summed E-state index contributed by atoms with van der Waals surface area (Å²) in [7, 11) is 3.36. The maximum atomic E-state index is 5.91. The number of para-hydroxylation sites is 2. The van der Waals surface area contributed by atoms with E-state index < -0.39 is 0 Å². The topological polar surface area (TPSA) is 35.4 Å². The average Bonchev–Trinajstić information content (AvgIpc) is 3.00. The van der Waals surface area contributed by atoms with E-state index >= 15 is 0 Å². The fraction of sp³-hybridized carbons (Fsp3) is 0.250. The van der Waals surface area contributed by atoms with Crippen LogP contribution < -0.4 is 14.8 Å². The number of ether oxygens (including phenoxy) is 2. The van der Waals surface area contributed by atoms with E-state index in [0.29, 0.717) is 0 Å².